The molecule has 1 N–H and O–H groups in total. The fraction of sp³-hybridized carbons (Fsp3) is 0.0769. The lowest BCUT2D eigenvalue weighted by molar-refractivity contribution is -0.118. The zero-order chi connectivity index (χ0) is 23.7. The van der Waals surface area contributed by atoms with Crippen LogP contribution in [-0.4, -0.2) is 21.5 Å². The molecule has 4 aromatic rings. The van der Waals surface area contributed by atoms with Crippen molar-refractivity contribution in [3.8, 4) is 5.88 Å². The molecule has 3 aromatic carbocycles. The van der Waals surface area contributed by atoms with Crippen molar-refractivity contribution in [3.05, 3.63) is 116 Å². The third kappa shape index (κ3) is 3.95. The fourth-order valence-corrected chi connectivity index (χ4v) is 4.82. The van der Waals surface area contributed by atoms with Gasteiger partial charge in [0.25, 0.3) is 5.91 Å². The highest BCUT2D eigenvalue weighted by molar-refractivity contribution is 7.11. The maximum atomic E-state index is 13.3. The smallest absolute Gasteiger partial charge is 0.312 e. The van der Waals surface area contributed by atoms with Gasteiger partial charge >= 0.3 is 4.87 Å². The first-order valence-corrected chi connectivity index (χ1v) is 11.4. The highest BCUT2D eigenvalue weighted by Gasteiger charge is 2.27. The van der Waals surface area contributed by atoms with Crippen LogP contribution in [0, 0.1) is 0 Å². The third-order valence-corrected chi connectivity index (χ3v) is 6.54. The average Bonchev–Trinajstić information content (AvgIpc) is 3.32. The van der Waals surface area contributed by atoms with E-state index < -0.39 is 10.8 Å². The molecule has 2 amide bonds. The quantitative estimate of drug-likeness (QED) is 0.469. The normalized spacial score (nSPS) is 12.4. The molecule has 1 aliphatic rings. The number of carbonyl (C=O) groups excluding carboxylic acids is 2. The summed E-state index contributed by atoms with van der Waals surface area (Å²) in [7, 11) is 0. The maximum Gasteiger partial charge on any atom is 0.312 e. The Morgan fingerprint density at radius 3 is 2.29 bits per heavy atom. The standard InChI is InChI=1S/C26H19N3O4S/c30-21(15-17-9-3-1-4-10-17)28(18-11-5-2-6-12-18)16-29-25(32)23(34-26(29)33)22-19-13-7-8-14-20(19)27-24(22)31/h1-14,32H,15-16H2. The van der Waals surface area contributed by atoms with E-state index in [9.17, 15) is 19.5 Å². The minimum absolute atomic E-state index is 0.129. The molecule has 0 aliphatic carbocycles. The number of nitrogens with zero attached hydrogens (tertiary/aromatic N) is 3. The number of anilines is 1. The van der Waals surface area contributed by atoms with Gasteiger partial charge in [0.15, 0.2) is 0 Å². The summed E-state index contributed by atoms with van der Waals surface area (Å²) < 4.78 is 1.11. The summed E-state index contributed by atoms with van der Waals surface area (Å²) in [6.07, 6.45) is 0.129. The number of hydrogen-bond donors (Lipinski definition) is 1. The molecule has 2 heterocycles. The number of rotatable bonds is 6. The summed E-state index contributed by atoms with van der Waals surface area (Å²) in [5.74, 6) is -1.11. The monoisotopic (exact) mass is 469 g/mol. The second kappa shape index (κ2) is 8.92. The Morgan fingerprint density at radius 2 is 1.56 bits per heavy atom. The molecule has 0 saturated heterocycles. The number of thiazole rings is 1. The third-order valence-electron chi connectivity index (χ3n) is 5.55. The van der Waals surface area contributed by atoms with Crippen molar-refractivity contribution in [1.82, 2.24) is 4.57 Å². The molecular weight excluding hydrogens is 450 g/mol. The first-order chi connectivity index (χ1) is 16.5. The zero-order valence-electron chi connectivity index (χ0n) is 17.9. The molecule has 0 bridgehead atoms. The Hall–Kier alpha value is -4.30. The summed E-state index contributed by atoms with van der Waals surface area (Å²) in [5.41, 5.74) is 1.62. The SMILES string of the molecule is O=C1N=c2ccccc2=C1c1sc(=O)n(CN(C(=O)Cc2ccccc2)c2ccccc2)c1O. The van der Waals surface area contributed by atoms with Crippen LogP contribution in [0.5, 0.6) is 5.88 Å². The van der Waals surface area contributed by atoms with Crippen molar-refractivity contribution in [2.75, 3.05) is 4.90 Å². The number of hydrogen-bond acceptors (Lipinski definition) is 5. The van der Waals surface area contributed by atoms with Crippen LogP contribution in [0.3, 0.4) is 0 Å². The summed E-state index contributed by atoms with van der Waals surface area (Å²) in [6, 6.07) is 25.2. The molecule has 1 aromatic heterocycles. The summed E-state index contributed by atoms with van der Waals surface area (Å²) in [4.78, 5) is 43.9. The molecule has 5 rings (SSSR count). The Labute approximate surface area is 198 Å². The second-order valence-corrected chi connectivity index (χ2v) is 8.68. The van der Waals surface area contributed by atoms with Gasteiger partial charge in [0.05, 0.1) is 17.4 Å². The van der Waals surface area contributed by atoms with Gasteiger partial charge in [0, 0.05) is 10.9 Å². The van der Waals surface area contributed by atoms with Gasteiger partial charge in [-0.15, -0.1) is 0 Å². The lowest BCUT2D eigenvalue weighted by atomic mass is 10.1. The lowest BCUT2D eigenvalue weighted by Crippen LogP contribution is -2.36. The van der Waals surface area contributed by atoms with Gasteiger partial charge in [0.2, 0.25) is 11.8 Å². The number of benzene rings is 3. The molecule has 8 heteroatoms. The van der Waals surface area contributed by atoms with Crippen LogP contribution in [0.15, 0.2) is 94.7 Å². The number of amides is 2. The number of aromatic hydroxyl groups is 1. The highest BCUT2D eigenvalue weighted by Crippen LogP contribution is 2.29. The van der Waals surface area contributed by atoms with Gasteiger partial charge in [-0.1, -0.05) is 78.1 Å². The van der Waals surface area contributed by atoms with E-state index in [1.54, 1.807) is 48.5 Å². The Kier molecular flexibility index (Phi) is 5.65. The topological polar surface area (TPSA) is 92.0 Å². The van der Waals surface area contributed by atoms with Crippen molar-refractivity contribution in [3.63, 3.8) is 0 Å². The Balaban J connectivity index is 1.55. The van der Waals surface area contributed by atoms with Crippen LogP contribution < -0.4 is 20.3 Å². The van der Waals surface area contributed by atoms with Crippen LogP contribution in [0.25, 0.3) is 5.57 Å². The van der Waals surface area contributed by atoms with Gasteiger partial charge < -0.3 is 5.11 Å². The number of para-hydroxylation sites is 2. The number of aromatic nitrogens is 1. The van der Waals surface area contributed by atoms with Crippen LogP contribution in [0.4, 0.5) is 5.69 Å². The first-order valence-electron chi connectivity index (χ1n) is 10.6. The predicted octanol–water partition coefficient (Wildman–Crippen LogP) is 2.21. The molecule has 0 radical (unpaired) electrons. The van der Waals surface area contributed by atoms with E-state index >= 15 is 0 Å². The van der Waals surface area contributed by atoms with Gasteiger partial charge in [-0.25, -0.2) is 4.99 Å². The van der Waals surface area contributed by atoms with E-state index in [-0.39, 0.29) is 35.3 Å². The summed E-state index contributed by atoms with van der Waals surface area (Å²) >= 11 is 0.760. The average molecular weight is 470 g/mol. The lowest BCUT2D eigenvalue weighted by Gasteiger charge is -2.23. The van der Waals surface area contributed by atoms with E-state index in [2.05, 4.69) is 4.99 Å². The van der Waals surface area contributed by atoms with E-state index in [1.807, 2.05) is 36.4 Å². The predicted molar refractivity (Wildman–Crippen MR) is 129 cm³/mol. The zero-order valence-corrected chi connectivity index (χ0v) is 18.7. The van der Waals surface area contributed by atoms with Crippen LogP contribution in [0.1, 0.15) is 10.4 Å². The summed E-state index contributed by atoms with van der Waals surface area (Å²) in [5, 5.41) is 12.1. The second-order valence-electron chi connectivity index (χ2n) is 7.72. The van der Waals surface area contributed by atoms with Crippen molar-refractivity contribution >= 4 is 34.4 Å². The van der Waals surface area contributed by atoms with Crippen LogP contribution >= 0.6 is 11.3 Å². The van der Waals surface area contributed by atoms with Gasteiger partial charge in [-0.05, 0) is 23.8 Å². The van der Waals surface area contributed by atoms with E-state index in [0.717, 1.165) is 21.5 Å². The molecule has 0 spiro atoms. The van der Waals surface area contributed by atoms with E-state index in [1.165, 1.54) is 4.90 Å². The highest BCUT2D eigenvalue weighted by atomic mass is 32.1. The number of fused-ring (bicyclic) bond motifs is 1. The van der Waals surface area contributed by atoms with Gasteiger partial charge in [0.1, 0.15) is 11.5 Å². The van der Waals surface area contributed by atoms with Crippen LogP contribution in [0.2, 0.25) is 0 Å². The molecule has 7 nitrogen and oxygen atoms in total. The Morgan fingerprint density at radius 1 is 0.912 bits per heavy atom. The summed E-state index contributed by atoms with van der Waals surface area (Å²) in [6.45, 7) is -0.197. The molecule has 0 unspecified atom stereocenters. The minimum Gasteiger partial charge on any atom is -0.493 e. The maximum absolute atomic E-state index is 13.3. The van der Waals surface area contributed by atoms with Crippen molar-refractivity contribution in [2.45, 2.75) is 13.1 Å². The van der Waals surface area contributed by atoms with Crippen LogP contribution in [-0.2, 0) is 22.7 Å². The molecule has 1 aliphatic heterocycles. The molecule has 0 fully saturated rings. The molecular formula is C26H19N3O4S. The molecule has 0 atom stereocenters. The Bertz CT molecular complexity index is 1570. The fourth-order valence-electron chi connectivity index (χ4n) is 3.89. The number of carbonyl (C=O) groups is 2. The van der Waals surface area contributed by atoms with Gasteiger partial charge in [-0.3, -0.25) is 23.9 Å². The van der Waals surface area contributed by atoms with E-state index in [0.29, 0.717) is 16.3 Å². The van der Waals surface area contributed by atoms with E-state index in [4.69, 9.17) is 0 Å². The molecule has 34 heavy (non-hydrogen) atoms. The van der Waals surface area contributed by atoms with Crippen molar-refractivity contribution in [1.29, 1.82) is 0 Å². The largest absolute Gasteiger partial charge is 0.493 e. The van der Waals surface area contributed by atoms with Crippen molar-refractivity contribution < 1.29 is 14.7 Å². The first kappa shape index (κ1) is 21.5. The molecule has 168 valence electrons. The van der Waals surface area contributed by atoms with Gasteiger partial charge in [-0.2, -0.15) is 0 Å². The molecule has 0 saturated carbocycles. The van der Waals surface area contributed by atoms with Crippen molar-refractivity contribution in [2.24, 2.45) is 4.99 Å². The minimum atomic E-state index is -0.509.